The Balaban J connectivity index is 1.55. The number of likely N-dealkylation sites (tertiary alicyclic amines) is 1. The van der Waals surface area contributed by atoms with E-state index in [1.54, 1.807) is 0 Å². The van der Waals surface area contributed by atoms with Crippen molar-refractivity contribution in [2.75, 3.05) is 32.8 Å². The topological polar surface area (TPSA) is 47.7 Å². The molecular formula is C15H21ClN2O2. The van der Waals surface area contributed by atoms with Crippen molar-refractivity contribution in [3.8, 4) is 11.5 Å². The number of halogens is 1. The predicted octanol–water partition coefficient (Wildman–Crippen LogP) is 2.15. The van der Waals surface area contributed by atoms with Gasteiger partial charge in [0.1, 0.15) is 12.7 Å². The van der Waals surface area contributed by atoms with E-state index in [1.807, 2.05) is 18.2 Å². The Hall–Kier alpha value is -0.970. The number of hydrogen-bond acceptors (Lipinski definition) is 4. The van der Waals surface area contributed by atoms with Crippen LogP contribution in [0.3, 0.4) is 0 Å². The molecule has 5 heteroatoms. The van der Waals surface area contributed by atoms with Crippen molar-refractivity contribution in [3.63, 3.8) is 0 Å². The van der Waals surface area contributed by atoms with Gasteiger partial charge in [-0.3, -0.25) is 4.90 Å². The first kappa shape index (κ1) is 14.0. The van der Waals surface area contributed by atoms with Crippen LogP contribution in [0.25, 0.3) is 0 Å². The van der Waals surface area contributed by atoms with Crippen LogP contribution in [-0.2, 0) is 0 Å². The monoisotopic (exact) mass is 296 g/mol. The number of benzene rings is 1. The molecule has 0 unspecified atom stereocenters. The van der Waals surface area contributed by atoms with E-state index < -0.39 is 0 Å². The number of ether oxygens (including phenoxy) is 2. The number of rotatable bonds is 3. The molecule has 1 aromatic rings. The first-order valence-corrected chi connectivity index (χ1v) is 7.64. The van der Waals surface area contributed by atoms with Gasteiger partial charge in [0.05, 0.1) is 0 Å². The number of nitrogens with two attached hydrogens (primary N) is 1. The smallest absolute Gasteiger partial charge is 0.163 e. The Bertz CT molecular complexity index is 461. The van der Waals surface area contributed by atoms with E-state index >= 15 is 0 Å². The molecule has 2 aliphatic rings. The third-order valence-corrected chi connectivity index (χ3v) is 4.36. The van der Waals surface area contributed by atoms with Crippen LogP contribution < -0.4 is 15.2 Å². The highest BCUT2D eigenvalue weighted by atomic mass is 35.5. The second-order valence-corrected chi connectivity index (χ2v) is 6.06. The second kappa shape index (κ2) is 6.20. The fraction of sp³-hybridized carbons (Fsp3) is 0.600. The highest BCUT2D eigenvalue weighted by Crippen LogP contribution is 2.34. The lowest BCUT2D eigenvalue weighted by atomic mass is 9.97. The molecule has 0 spiro atoms. The van der Waals surface area contributed by atoms with E-state index in [0.29, 0.717) is 17.5 Å². The van der Waals surface area contributed by atoms with Crippen LogP contribution in [-0.4, -0.2) is 43.8 Å². The molecule has 0 aromatic heterocycles. The average Bonchev–Trinajstić information content (AvgIpc) is 2.47. The lowest BCUT2D eigenvalue weighted by Gasteiger charge is -2.35. The molecule has 110 valence electrons. The van der Waals surface area contributed by atoms with Crippen molar-refractivity contribution in [1.29, 1.82) is 0 Å². The van der Waals surface area contributed by atoms with Gasteiger partial charge in [-0.2, -0.15) is 0 Å². The first-order chi connectivity index (χ1) is 9.74. The zero-order chi connectivity index (χ0) is 13.9. The van der Waals surface area contributed by atoms with E-state index in [1.165, 1.54) is 12.8 Å². The van der Waals surface area contributed by atoms with Crippen molar-refractivity contribution in [1.82, 2.24) is 4.90 Å². The SMILES string of the molecule is NCC1CCN(C[C@H]2COc3ccc(Cl)cc3O2)CC1. The maximum atomic E-state index is 5.99. The van der Waals surface area contributed by atoms with Gasteiger partial charge in [-0.1, -0.05) is 11.6 Å². The summed E-state index contributed by atoms with van der Waals surface area (Å²) in [6, 6.07) is 5.51. The molecule has 3 rings (SSSR count). The van der Waals surface area contributed by atoms with E-state index in [9.17, 15) is 0 Å². The lowest BCUT2D eigenvalue weighted by molar-refractivity contribution is 0.0483. The summed E-state index contributed by atoms with van der Waals surface area (Å²) < 4.78 is 11.7. The molecule has 4 nitrogen and oxygen atoms in total. The summed E-state index contributed by atoms with van der Waals surface area (Å²) in [6.07, 6.45) is 2.45. The third kappa shape index (κ3) is 3.19. The molecule has 0 aliphatic carbocycles. The highest BCUT2D eigenvalue weighted by molar-refractivity contribution is 6.30. The number of nitrogens with zero attached hydrogens (tertiary/aromatic N) is 1. The first-order valence-electron chi connectivity index (χ1n) is 7.26. The number of fused-ring (bicyclic) bond motifs is 1. The second-order valence-electron chi connectivity index (χ2n) is 5.62. The van der Waals surface area contributed by atoms with Crippen molar-refractivity contribution < 1.29 is 9.47 Å². The zero-order valence-corrected chi connectivity index (χ0v) is 12.3. The van der Waals surface area contributed by atoms with Crippen molar-refractivity contribution in [2.45, 2.75) is 18.9 Å². The van der Waals surface area contributed by atoms with Gasteiger partial charge in [0.15, 0.2) is 11.5 Å². The van der Waals surface area contributed by atoms with Crippen LogP contribution in [0.2, 0.25) is 5.02 Å². The average molecular weight is 297 g/mol. The molecule has 0 radical (unpaired) electrons. The molecule has 1 saturated heterocycles. The maximum Gasteiger partial charge on any atom is 0.163 e. The summed E-state index contributed by atoms with van der Waals surface area (Å²) in [5, 5.41) is 0.678. The van der Waals surface area contributed by atoms with E-state index in [2.05, 4.69) is 4.90 Å². The van der Waals surface area contributed by atoms with Crippen LogP contribution in [0, 0.1) is 5.92 Å². The number of piperidine rings is 1. The molecule has 2 aliphatic heterocycles. The van der Waals surface area contributed by atoms with Gasteiger partial charge >= 0.3 is 0 Å². The highest BCUT2D eigenvalue weighted by Gasteiger charge is 2.25. The van der Waals surface area contributed by atoms with Gasteiger partial charge in [-0.25, -0.2) is 0 Å². The zero-order valence-electron chi connectivity index (χ0n) is 11.6. The minimum absolute atomic E-state index is 0.0791. The molecule has 1 aromatic carbocycles. The Morgan fingerprint density at radius 3 is 2.80 bits per heavy atom. The molecule has 2 heterocycles. The largest absolute Gasteiger partial charge is 0.486 e. The normalized spacial score (nSPS) is 23.8. The van der Waals surface area contributed by atoms with Gasteiger partial charge in [0.2, 0.25) is 0 Å². The van der Waals surface area contributed by atoms with Crippen LogP contribution in [0.15, 0.2) is 18.2 Å². The fourth-order valence-electron chi connectivity index (χ4n) is 2.87. The molecule has 1 fully saturated rings. The molecule has 0 bridgehead atoms. The van der Waals surface area contributed by atoms with Gasteiger partial charge in [0.25, 0.3) is 0 Å². The van der Waals surface area contributed by atoms with Crippen LogP contribution in [0.4, 0.5) is 0 Å². The standard InChI is InChI=1S/C15H21ClN2O2/c16-12-1-2-14-15(7-12)20-13(10-19-14)9-18-5-3-11(8-17)4-6-18/h1-2,7,11,13H,3-6,8-10,17H2/t13-/m0/s1. The van der Waals surface area contributed by atoms with Crippen LogP contribution >= 0.6 is 11.6 Å². The van der Waals surface area contributed by atoms with Gasteiger partial charge in [0, 0.05) is 17.6 Å². The van der Waals surface area contributed by atoms with Crippen molar-refractivity contribution in [2.24, 2.45) is 11.7 Å². The quantitative estimate of drug-likeness (QED) is 0.928. The maximum absolute atomic E-state index is 5.99. The minimum atomic E-state index is 0.0791. The predicted molar refractivity (Wildman–Crippen MR) is 79.6 cm³/mol. The van der Waals surface area contributed by atoms with Crippen LogP contribution in [0.5, 0.6) is 11.5 Å². The van der Waals surface area contributed by atoms with E-state index in [0.717, 1.165) is 37.7 Å². The Morgan fingerprint density at radius 1 is 1.25 bits per heavy atom. The molecule has 1 atom stereocenters. The molecular weight excluding hydrogens is 276 g/mol. The fourth-order valence-corrected chi connectivity index (χ4v) is 3.03. The third-order valence-electron chi connectivity index (χ3n) is 4.13. The Morgan fingerprint density at radius 2 is 2.05 bits per heavy atom. The van der Waals surface area contributed by atoms with Gasteiger partial charge < -0.3 is 15.2 Å². The molecule has 0 amide bonds. The van der Waals surface area contributed by atoms with Crippen molar-refractivity contribution in [3.05, 3.63) is 23.2 Å². The summed E-state index contributed by atoms with van der Waals surface area (Å²) in [5.74, 6) is 2.23. The number of hydrogen-bond donors (Lipinski definition) is 1. The Kier molecular flexibility index (Phi) is 4.34. The molecule has 0 saturated carbocycles. The molecule has 2 N–H and O–H groups in total. The van der Waals surface area contributed by atoms with Gasteiger partial charge in [-0.15, -0.1) is 0 Å². The van der Waals surface area contributed by atoms with E-state index in [4.69, 9.17) is 26.8 Å². The summed E-state index contributed by atoms with van der Waals surface area (Å²) in [7, 11) is 0. The summed E-state index contributed by atoms with van der Waals surface area (Å²) in [5.41, 5.74) is 5.72. The van der Waals surface area contributed by atoms with Crippen molar-refractivity contribution >= 4 is 11.6 Å². The summed E-state index contributed by atoms with van der Waals surface area (Å²) >= 11 is 5.99. The molecule has 20 heavy (non-hydrogen) atoms. The van der Waals surface area contributed by atoms with Crippen LogP contribution in [0.1, 0.15) is 12.8 Å². The summed E-state index contributed by atoms with van der Waals surface area (Å²) in [6.45, 7) is 4.52. The summed E-state index contributed by atoms with van der Waals surface area (Å²) in [4.78, 5) is 2.44. The lowest BCUT2D eigenvalue weighted by Crippen LogP contribution is -2.44. The van der Waals surface area contributed by atoms with Gasteiger partial charge in [-0.05, 0) is 50.5 Å². The minimum Gasteiger partial charge on any atom is -0.486 e. The van der Waals surface area contributed by atoms with E-state index in [-0.39, 0.29) is 6.10 Å². The Labute approximate surface area is 124 Å².